The molecule has 1 atom stereocenters. The van der Waals surface area contributed by atoms with Crippen molar-refractivity contribution in [3.8, 4) is 0 Å². The molecule has 1 aliphatic rings. The van der Waals surface area contributed by atoms with Crippen LogP contribution in [-0.4, -0.2) is 67.3 Å². The molecule has 1 rings (SSSR count). The molecule has 1 aliphatic heterocycles. The van der Waals surface area contributed by atoms with E-state index in [4.69, 9.17) is 10.5 Å². The SMILES string of the molecule is CCN1CCOC(CN(CC)C(CC)(CC)CN)C1. The number of rotatable bonds is 8. The fraction of sp³-hybridized carbons (Fsp3) is 1.00. The van der Waals surface area contributed by atoms with Gasteiger partial charge in [0.25, 0.3) is 0 Å². The van der Waals surface area contributed by atoms with Crippen LogP contribution in [0.1, 0.15) is 40.5 Å². The van der Waals surface area contributed by atoms with E-state index in [-0.39, 0.29) is 5.54 Å². The second-order valence-corrected chi connectivity index (χ2v) is 5.56. The summed E-state index contributed by atoms with van der Waals surface area (Å²) in [4.78, 5) is 5.01. The summed E-state index contributed by atoms with van der Waals surface area (Å²) in [6.07, 6.45) is 2.55. The Balaban J connectivity index is 2.64. The molecule has 4 nitrogen and oxygen atoms in total. The topological polar surface area (TPSA) is 41.7 Å². The number of ether oxygens (including phenoxy) is 1. The highest BCUT2D eigenvalue weighted by molar-refractivity contribution is 4.91. The highest BCUT2D eigenvalue weighted by Crippen LogP contribution is 2.24. The minimum Gasteiger partial charge on any atom is -0.374 e. The molecule has 0 amide bonds. The zero-order chi connectivity index (χ0) is 14.3. The average molecular weight is 271 g/mol. The molecule has 1 fully saturated rings. The first kappa shape index (κ1) is 16.9. The van der Waals surface area contributed by atoms with Crippen molar-refractivity contribution in [1.29, 1.82) is 0 Å². The third-order valence-corrected chi connectivity index (χ3v) is 4.84. The lowest BCUT2D eigenvalue weighted by Crippen LogP contribution is -2.57. The standard InChI is InChI=1S/C15H33N3O/c1-5-15(6-2,13-16)18(8-4)12-14-11-17(7-3)9-10-19-14/h14H,5-13,16H2,1-4H3. The van der Waals surface area contributed by atoms with Crippen molar-refractivity contribution in [2.45, 2.75) is 52.2 Å². The Morgan fingerprint density at radius 1 is 1.26 bits per heavy atom. The van der Waals surface area contributed by atoms with Crippen LogP contribution in [-0.2, 0) is 4.74 Å². The summed E-state index contributed by atoms with van der Waals surface area (Å²) < 4.78 is 5.95. The van der Waals surface area contributed by atoms with Gasteiger partial charge in [0.05, 0.1) is 12.7 Å². The van der Waals surface area contributed by atoms with E-state index in [1.807, 2.05) is 0 Å². The molecular formula is C15H33N3O. The van der Waals surface area contributed by atoms with Crippen LogP contribution in [0, 0.1) is 0 Å². The summed E-state index contributed by atoms with van der Waals surface area (Å²) in [5.74, 6) is 0. The number of morpholine rings is 1. The van der Waals surface area contributed by atoms with Gasteiger partial charge in [0.1, 0.15) is 0 Å². The molecule has 0 aromatic heterocycles. The molecule has 0 aliphatic carbocycles. The fourth-order valence-corrected chi connectivity index (χ4v) is 3.20. The van der Waals surface area contributed by atoms with Crippen molar-refractivity contribution in [2.24, 2.45) is 5.73 Å². The van der Waals surface area contributed by atoms with Crippen LogP contribution < -0.4 is 5.73 Å². The quantitative estimate of drug-likeness (QED) is 0.727. The highest BCUT2D eigenvalue weighted by atomic mass is 16.5. The Bertz CT molecular complexity index is 235. The van der Waals surface area contributed by atoms with Crippen LogP contribution in [0.2, 0.25) is 0 Å². The highest BCUT2D eigenvalue weighted by Gasteiger charge is 2.33. The van der Waals surface area contributed by atoms with Crippen LogP contribution in [0.25, 0.3) is 0 Å². The second kappa shape index (κ2) is 8.20. The Kier molecular flexibility index (Phi) is 7.29. The molecule has 19 heavy (non-hydrogen) atoms. The molecule has 0 aromatic rings. The minimum absolute atomic E-state index is 0.145. The zero-order valence-corrected chi connectivity index (χ0v) is 13.3. The van der Waals surface area contributed by atoms with Crippen molar-refractivity contribution >= 4 is 0 Å². The van der Waals surface area contributed by atoms with Gasteiger partial charge in [0, 0.05) is 31.7 Å². The molecular weight excluding hydrogens is 238 g/mol. The maximum atomic E-state index is 6.07. The van der Waals surface area contributed by atoms with E-state index in [0.717, 1.165) is 58.7 Å². The molecule has 1 heterocycles. The van der Waals surface area contributed by atoms with Gasteiger partial charge < -0.3 is 10.5 Å². The third kappa shape index (κ3) is 4.15. The van der Waals surface area contributed by atoms with Gasteiger partial charge in [-0.05, 0) is 25.9 Å². The normalized spacial score (nSPS) is 22.1. The Morgan fingerprint density at radius 3 is 2.42 bits per heavy atom. The van der Waals surface area contributed by atoms with E-state index in [2.05, 4.69) is 37.5 Å². The predicted octanol–water partition coefficient (Wildman–Crippen LogP) is 1.55. The van der Waals surface area contributed by atoms with E-state index in [1.165, 1.54) is 0 Å². The Hall–Kier alpha value is -0.160. The summed E-state index contributed by atoms with van der Waals surface area (Å²) in [5.41, 5.74) is 6.22. The average Bonchev–Trinajstić information content (AvgIpc) is 2.48. The van der Waals surface area contributed by atoms with Gasteiger partial charge in [-0.25, -0.2) is 0 Å². The van der Waals surface area contributed by atoms with E-state index in [9.17, 15) is 0 Å². The number of hydrogen-bond acceptors (Lipinski definition) is 4. The molecule has 0 radical (unpaired) electrons. The Labute approximate surface area is 119 Å². The molecule has 1 saturated heterocycles. The largest absolute Gasteiger partial charge is 0.374 e. The van der Waals surface area contributed by atoms with Gasteiger partial charge in [-0.15, -0.1) is 0 Å². The van der Waals surface area contributed by atoms with Crippen molar-refractivity contribution in [3.63, 3.8) is 0 Å². The molecule has 114 valence electrons. The number of hydrogen-bond donors (Lipinski definition) is 1. The number of likely N-dealkylation sites (N-methyl/N-ethyl adjacent to an activating group) is 2. The molecule has 1 unspecified atom stereocenters. The fourth-order valence-electron chi connectivity index (χ4n) is 3.20. The van der Waals surface area contributed by atoms with E-state index in [0.29, 0.717) is 6.10 Å². The van der Waals surface area contributed by atoms with Gasteiger partial charge in [-0.1, -0.05) is 27.7 Å². The lowest BCUT2D eigenvalue weighted by atomic mass is 9.90. The predicted molar refractivity (Wildman–Crippen MR) is 81.5 cm³/mol. The molecule has 0 aromatic carbocycles. The van der Waals surface area contributed by atoms with Gasteiger partial charge in [-0.2, -0.15) is 0 Å². The van der Waals surface area contributed by atoms with E-state index in [1.54, 1.807) is 0 Å². The summed E-state index contributed by atoms with van der Waals surface area (Å²) in [6.45, 7) is 15.9. The second-order valence-electron chi connectivity index (χ2n) is 5.56. The molecule has 4 heteroatoms. The first-order valence-electron chi connectivity index (χ1n) is 7.94. The first-order valence-corrected chi connectivity index (χ1v) is 7.94. The van der Waals surface area contributed by atoms with Gasteiger partial charge in [0.15, 0.2) is 0 Å². The number of nitrogens with two attached hydrogens (primary N) is 1. The first-order chi connectivity index (χ1) is 9.15. The summed E-state index contributed by atoms with van der Waals surface area (Å²) >= 11 is 0. The van der Waals surface area contributed by atoms with Gasteiger partial charge >= 0.3 is 0 Å². The summed E-state index contributed by atoms with van der Waals surface area (Å²) in [6, 6.07) is 0. The maximum Gasteiger partial charge on any atom is 0.0829 e. The van der Waals surface area contributed by atoms with Crippen LogP contribution in [0.15, 0.2) is 0 Å². The molecule has 0 spiro atoms. The Morgan fingerprint density at radius 2 is 1.95 bits per heavy atom. The van der Waals surface area contributed by atoms with Crippen LogP contribution >= 0.6 is 0 Å². The van der Waals surface area contributed by atoms with Crippen LogP contribution in [0.3, 0.4) is 0 Å². The van der Waals surface area contributed by atoms with Crippen molar-refractivity contribution in [3.05, 3.63) is 0 Å². The smallest absolute Gasteiger partial charge is 0.0829 e. The van der Waals surface area contributed by atoms with Gasteiger partial charge in [-0.3, -0.25) is 9.80 Å². The third-order valence-electron chi connectivity index (χ3n) is 4.84. The number of nitrogens with zero attached hydrogens (tertiary/aromatic N) is 2. The van der Waals surface area contributed by atoms with E-state index < -0.39 is 0 Å². The van der Waals surface area contributed by atoms with Crippen LogP contribution in [0.5, 0.6) is 0 Å². The summed E-state index contributed by atoms with van der Waals surface area (Å²) in [5, 5.41) is 0. The van der Waals surface area contributed by atoms with E-state index >= 15 is 0 Å². The zero-order valence-electron chi connectivity index (χ0n) is 13.3. The molecule has 0 bridgehead atoms. The molecule has 2 N–H and O–H groups in total. The minimum atomic E-state index is 0.145. The monoisotopic (exact) mass is 271 g/mol. The maximum absolute atomic E-state index is 6.07. The van der Waals surface area contributed by atoms with Crippen molar-refractivity contribution < 1.29 is 4.74 Å². The lowest BCUT2D eigenvalue weighted by molar-refractivity contribution is -0.0586. The molecule has 0 saturated carbocycles. The van der Waals surface area contributed by atoms with Crippen molar-refractivity contribution in [2.75, 3.05) is 45.9 Å². The summed E-state index contributed by atoms with van der Waals surface area (Å²) in [7, 11) is 0. The van der Waals surface area contributed by atoms with Gasteiger partial charge in [0.2, 0.25) is 0 Å². The van der Waals surface area contributed by atoms with Crippen molar-refractivity contribution in [1.82, 2.24) is 9.80 Å². The van der Waals surface area contributed by atoms with Crippen LogP contribution in [0.4, 0.5) is 0 Å². The lowest BCUT2D eigenvalue weighted by Gasteiger charge is -2.45.